The quantitative estimate of drug-likeness (QED) is 0.697. The van der Waals surface area contributed by atoms with Crippen LogP contribution in [0.25, 0.3) is 0 Å². The van der Waals surface area contributed by atoms with Crippen molar-refractivity contribution >= 4 is 0 Å². The molecule has 1 fully saturated rings. The van der Waals surface area contributed by atoms with Gasteiger partial charge < -0.3 is 9.84 Å². The van der Waals surface area contributed by atoms with Crippen molar-refractivity contribution in [3.8, 4) is 0 Å². The van der Waals surface area contributed by atoms with Crippen LogP contribution in [-0.4, -0.2) is 16.5 Å². The molecule has 1 N–H and O–H groups in total. The van der Waals surface area contributed by atoms with Gasteiger partial charge in [0.25, 0.3) is 0 Å². The summed E-state index contributed by atoms with van der Waals surface area (Å²) in [6.07, 6.45) is 7.25. The zero-order valence-electron chi connectivity index (χ0n) is 11.2. The molecule has 0 aromatic rings. The summed E-state index contributed by atoms with van der Waals surface area (Å²) in [5.41, 5.74) is 2.18. The third kappa shape index (κ3) is 1.40. The Hall–Kier alpha value is -0.600. The Balaban J connectivity index is 2.15. The Morgan fingerprint density at radius 1 is 1.41 bits per heavy atom. The van der Waals surface area contributed by atoms with E-state index in [1.165, 1.54) is 5.57 Å². The summed E-state index contributed by atoms with van der Waals surface area (Å²) in [7, 11) is 0. The van der Waals surface area contributed by atoms with Crippen molar-refractivity contribution in [1.29, 1.82) is 0 Å². The number of allylic oxidation sites excluding steroid dienone is 1. The van der Waals surface area contributed by atoms with E-state index in [1.807, 2.05) is 6.92 Å². The molecular weight excluding hydrogens is 212 g/mol. The molecule has 17 heavy (non-hydrogen) atoms. The van der Waals surface area contributed by atoms with Gasteiger partial charge in [-0.1, -0.05) is 32.9 Å². The van der Waals surface area contributed by atoms with Gasteiger partial charge in [0.2, 0.25) is 0 Å². The zero-order valence-corrected chi connectivity index (χ0v) is 11.2. The fraction of sp³-hybridized carbons (Fsp3) is 0.733. The van der Waals surface area contributed by atoms with Crippen molar-refractivity contribution in [2.75, 3.05) is 0 Å². The van der Waals surface area contributed by atoms with Crippen LogP contribution in [-0.2, 0) is 4.74 Å². The highest BCUT2D eigenvalue weighted by molar-refractivity contribution is 5.44. The lowest BCUT2D eigenvalue weighted by Gasteiger charge is -2.52. The molecule has 0 amide bonds. The van der Waals surface area contributed by atoms with E-state index in [2.05, 4.69) is 32.9 Å². The van der Waals surface area contributed by atoms with Gasteiger partial charge in [0.15, 0.2) is 5.79 Å². The molecule has 0 saturated carbocycles. The van der Waals surface area contributed by atoms with Crippen LogP contribution in [0.15, 0.2) is 23.3 Å². The van der Waals surface area contributed by atoms with Crippen LogP contribution in [0.1, 0.15) is 47.0 Å². The molecular formula is C15H22O2. The predicted molar refractivity (Wildman–Crippen MR) is 67.4 cm³/mol. The van der Waals surface area contributed by atoms with Gasteiger partial charge in [-0.05, 0) is 42.2 Å². The summed E-state index contributed by atoms with van der Waals surface area (Å²) >= 11 is 0. The van der Waals surface area contributed by atoms with Gasteiger partial charge in [0.05, 0.1) is 5.60 Å². The molecule has 1 saturated heterocycles. The zero-order chi connectivity index (χ0) is 12.5. The second kappa shape index (κ2) is 3.04. The Morgan fingerprint density at radius 3 is 2.82 bits per heavy atom. The van der Waals surface area contributed by atoms with Gasteiger partial charge in [0.1, 0.15) is 0 Å². The van der Waals surface area contributed by atoms with Crippen molar-refractivity contribution < 1.29 is 9.84 Å². The molecule has 1 aliphatic carbocycles. The normalized spacial score (nSPS) is 47.2. The largest absolute Gasteiger partial charge is 0.362 e. The molecule has 2 bridgehead atoms. The molecule has 3 rings (SSSR count). The van der Waals surface area contributed by atoms with Crippen LogP contribution in [0.2, 0.25) is 0 Å². The van der Waals surface area contributed by atoms with Gasteiger partial charge in [0, 0.05) is 6.42 Å². The molecule has 2 heterocycles. The summed E-state index contributed by atoms with van der Waals surface area (Å²) in [5.74, 6) is -0.523. The number of hydrogen-bond donors (Lipinski definition) is 1. The van der Waals surface area contributed by atoms with Crippen molar-refractivity contribution in [1.82, 2.24) is 0 Å². The number of hydrogen-bond acceptors (Lipinski definition) is 2. The van der Waals surface area contributed by atoms with E-state index in [4.69, 9.17) is 4.74 Å². The first-order chi connectivity index (χ1) is 7.78. The maximum absolute atomic E-state index is 10.6. The standard InChI is InChI=1S/C15H22O2/c1-10-5-6-15(16)11(2)7-12-8-13(3,4)9-14(10,12)17-15/h7-8,10,16H,5-6,9H2,1-4H3/t10-,14+,15-/m1/s1. The predicted octanol–water partition coefficient (Wildman–Crippen LogP) is 3.18. The minimum absolute atomic E-state index is 0.170. The Kier molecular flexibility index (Phi) is 2.06. The Labute approximate surface area is 103 Å². The molecule has 2 heteroatoms. The number of fused-ring (bicyclic) bond motifs is 1. The van der Waals surface area contributed by atoms with E-state index in [0.29, 0.717) is 5.92 Å². The van der Waals surface area contributed by atoms with Gasteiger partial charge in [-0.3, -0.25) is 0 Å². The fourth-order valence-corrected chi connectivity index (χ4v) is 3.81. The van der Waals surface area contributed by atoms with Gasteiger partial charge in [-0.25, -0.2) is 0 Å². The maximum Gasteiger partial charge on any atom is 0.189 e. The molecule has 1 spiro atoms. The van der Waals surface area contributed by atoms with Crippen LogP contribution in [0, 0.1) is 11.3 Å². The van der Waals surface area contributed by atoms with Crippen molar-refractivity contribution in [3.63, 3.8) is 0 Å². The lowest BCUT2D eigenvalue weighted by atomic mass is 9.70. The average molecular weight is 234 g/mol. The maximum atomic E-state index is 10.6. The second-order valence-corrected chi connectivity index (χ2v) is 6.81. The third-order valence-electron chi connectivity index (χ3n) is 4.80. The van der Waals surface area contributed by atoms with Crippen LogP contribution >= 0.6 is 0 Å². The van der Waals surface area contributed by atoms with Crippen LogP contribution in [0.3, 0.4) is 0 Å². The van der Waals surface area contributed by atoms with Gasteiger partial charge >= 0.3 is 0 Å². The molecule has 0 aromatic heterocycles. The van der Waals surface area contributed by atoms with E-state index in [9.17, 15) is 5.11 Å². The van der Waals surface area contributed by atoms with E-state index < -0.39 is 5.79 Å². The summed E-state index contributed by atoms with van der Waals surface area (Å²) in [5, 5.41) is 10.6. The van der Waals surface area contributed by atoms with E-state index >= 15 is 0 Å². The Bertz CT molecular complexity index is 432. The molecule has 2 aliphatic heterocycles. The lowest BCUT2D eigenvalue weighted by Crippen LogP contribution is -2.56. The third-order valence-corrected chi connectivity index (χ3v) is 4.80. The minimum Gasteiger partial charge on any atom is -0.362 e. The first kappa shape index (κ1) is 11.5. The highest BCUT2D eigenvalue weighted by Gasteiger charge is 2.58. The van der Waals surface area contributed by atoms with Gasteiger partial charge in [-0.15, -0.1) is 0 Å². The molecule has 2 nitrogen and oxygen atoms in total. The van der Waals surface area contributed by atoms with Crippen LogP contribution in [0.5, 0.6) is 0 Å². The highest BCUT2D eigenvalue weighted by atomic mass is 16.6. The average Bonchev–Trinajstić information content (AvgIpc) is 2.45. The van der Waals surface area contributed by atoms with Crippen molar-refractivity contribution in [2.45, 2.75) is 58.3 Å². The molecule has 0 aromatic carbocycles. The van der Waals surface area contributed by atoms with Crippen molar-refractivity contribution in [3.05, 3.63) is 23.3 Å². The fourth-order valence-electron chi connectivity index (χ4n) is 3.81. The lowest BCUT2D eigenvalue weighted by molar-refractivity contribution is -0.280. The molecule has 94 valence electrons. The van der Waals surface area contributed by atoms with Crippen LogP contribution < -0.4 is 0 Å². The number of aliphatic hydroxyl groups is 1. The SMILES string of the molecule is CC1=CC2=CC(C)(C)C[C@@]23O[C@]1(O)CC[C@H]3C. The summed E-state index contributed by atoms with van der Waals surface area (Å²) in [6, 6.07) is 0. The first-order valence-electron chi connectivity index (χ1n) is 6.62. The Morgan fingerprint density at radius 2 is 2.12 bits per heavy atom. The van der Waals surface area contributed by atoms with Crippen molar-refractivity contribution in [2.24, 2.45) is 11.3 Å². The molecule has 0 radical (unpaired) electrons. The van der Waals surface area contributed by atoms with Gasteiger partial charge in [-0.2, -0.15) is 0 Å². The second-order valence-electron chi connectivity index (χ2n) is 6.81. The highest BCUT2D eigenvalue weighted by Crippen LogP contribution is 2.58. The van der Waals surface area contributed by atoms with E-state index in [-0.39, 0.29) is 11.0 Å². The summed E-state index contributed by atoms with van der Waals surface area (Å²) < 4.78 is 6.20. The minimum atomic E-state index is -1.01. The topological polar surface area (TPSA) is 29.5 Å². The summed E-state index contributed by atoms with van der Waals surface area (Å²) in [4.78, 5) is 0. The summed E-state index contributed by atoms with van der Waals surface area (Å²) in [6.45, 7) is 8.73. The molecule has 0 unspecified atom stereocenters. The number of ether oxygens (including phenoxy) is 1. The molecule has 3 atom stereocenters. The van der Waals surface area contributed by atoms with E-state index in [0.717, 1.165) is 24.8 Å². The first-order valence-corrected chi connectivity index (χ1v) is 6.62. The number of rotatable bonds is 0. The molecule has 3 aliphatic rings. The van der Waals surface area contributed by atoms with Crippen LogP contribution in [0.4, 0.5) is 0 Å². The van der Waals surface area contributed by atoms with E-state index in [1.54, 1.807) is 0 Å². The monoisotopic (exact) mass is 234 g/mol. The smallest absolute Gasteiger partial charge is 0.189 e.